The van der Waals surface area contributed by atoms with E-state index in [-0.39, 0.29) is 5.78 Å². The summed E-state index contributed by atoms with van der Waals surface area (Å²) in [6, 6.07) is 7.28. The lowest BCUT2D eigenvalue weighted by Crippen LogP contribution is -2.19. The van der Waals surface area contributed by atoms with Crippen LogP contribution >= 0.6 is 11.8 Å². The van der Waals surface area contributed by atoms with Crippen LogP contribution < -0.4 is 0 Å². The van der Waals surface area contributed by atoms with Gasteiger partial charge < -0.3 is 5.11 Å². The fraction of sp³-hybridized carbons (Fsp3) is 0.357. The fourth-order valence-electron chi connectivity index (χ4n) is 1.09. The topological polar surface area (TPSA) is 37.3 Å². The lowest BCUT2D eigenvalue weighted by atomic mass is 10.0. The van der Waals surface area contributed by atoms with Crippen LogP contribution in [0, 0.1) is 11.8 Å². The highest BCUT2D eigenvalue weighted by Crippen LogP contribution is 2.15. The van der Waals surface area contributed by atoms with Gasteiger partial charge in [-0.15, -0.1) is 11.8 Å². The number of aliphatic hydroxyl groups is 1. The zero-order valence-corrected chi connectivity index (χ0v) is 11.1. The van der Waals surface area contributed by atoms with Gasteiger partial charge in [0.25, 0.3) is 0 Å². The minimum absolute atomic E-state index is 0.258. The van der Waals surface area contributed by atoms with Gasteiger partial charge in [0.2, 0.25) is 5.78 Å². The maximum atomic E-state index is 11.7. The van der Waals surface area contributed by atoms with Gasteiger partial charge in [0.05, 0.1) is 0 Å². The molecule has 0 unspecified atom stereocenters. The van der Waals surface area contributed by atoms with Crippen LogP contribution in [0.3, 0.4) is 0 Å². The molecule has 0 saturated carbocycles. The number of benzene rings is 1. The monoisotopic (exact) mass is 248 g/mol. The first kappa shape index (κ1) is 13.8. The zero-order valence-electron chi connectivity index (χ0n) is 10.3. The van der Waals surface area contributed by atoms with E-state index in [4.69, 9.17) is 0 Å². The van der Waals surface area contributed by atoms with Gasteiger partial charge in [-0.05, 0) is 49.8 Å². The number of rotatable bonds is 3. The third kappa shape index (κ3) is 4.26. The van der Waals surface area contributed by atoms with Crippen molar-refractivity contribution in [2.45, 2.75) is 30.8 Å². The number of carbonyl (C=O) groups is 1. The van der Waals surface area contributed by atoms with E-state index in [2.05, 4.69) is 11.8 Å². The van der Waals surface area contributed by atoms with E-state index in [0.29, 0.717) is 12.0 Å². The van der Waals surface area contributed by atoms with E-state index in [1.165, 1.54) is 0 Å². The molecule has 0 aliphatic heterocycles. The number of hydrogen-bond donors (Lipinski definition) is 1. The summed E-state index contributed by atoms with van der Waals surface area (Å²) < 4.78 is 0. The number of carbonyl (C=O) groups excluding carboxylic acids is 1. The molecule has 0 aliphatic carbocycles. The van der Waals surface area contributed by atoms with Crippen molar-refractivity contribution >= 4 is 17.5 Å². The van der Waals surface area contributed by atoms with E-state index in [0.717, 1.165) is 4.90 Å². The fourth-order valence-corrected chi connectivity index (χ4v) is 1.50. The summed E-state index contributed by atoms with van der Waals surface area (Å²) in [4.78, 5) is 12.8. The highest BCUT2D eigenvalue weighted by molar-refractivity contribution is 7.98. The standard InChI is InChI=1S/C14H16O2S/c1-4-14(2,16)10-9-13(15)11-5-7-12(17-3)8-6-11/h5-8,16H,4H2,1-3H3/t14-/m0/s1. The largest absolute Gasteiger partial charge is 0.378 e. The molecule has 0 saturated heterocycles. The molecule has 0 aromatic heterocycles. The summed E-state index contributed by atoms with van der Waals surface area (Å²) in [6.07, 6.45) is 2.48. The second-order valence-corrected chi connectivity index (χ2v) is 4.81. The molecular weight excluding hydrogens is 232 g/mol. The molecule has 1 rings (SSSR count). The van der Waals surface area contributed by atoms with Crippen molar-refractivity contribution in [2.24, 2.45) is 0 Å². The molecule has 0 spiro atoms. The molecule has 0 heterocycles. The summed E-state index contributed by atoms with van der Waals surface area (Å²) >= 11 is 1.62. The Bertz CT molecular complexity index is 449. The van der Waals surface area contributed by atoms with Gasteiger partial charge >= 0.3 is 0 Å². The van der Waals surface area contributed by atoms with Gasteiger partial charge in [0.15, 0.2) is 0 Å². The van der Waals surface area contributed by atoms with E-state index < -0.39 is 5.60 Å². The minimum atomic E-state index is -1.09. The Balaban J connectivity index is 2.83. The molecule has 0 aliphatic rings. The van der Waals surface area contributed by atoms with Crippen molar-refractivity contribution in [1.29, 1.82) is 0 Å². The van der Waals surface area contributed by atoms with Crippen LogP contribution in [0.15, 0.2) is 29.2 Å². The number of thioether (sulfide) groups is 1. The first-order chi connectivity index (χ1) is 7.98. The van der Waals surface area contributed by atoms with Crippen LogP contribution in [0.5, 0.6) is 0 Å². The van der Waals surface area contributed by atoms with Gasteiger partial charge in [-0.25, -0.2) is 0 Å². The van der Waals surface area contributed by atoms with Gasteiger partial charge in [0.1, 0.15) is 5.60 Å². The summed E-state index contributed by atoms with van der Waals surface area (Å²) in [5.74, 6) is 4.81. The van der Waals surface area contributed by atoms with E-state index >= 15 is 0 Å². The molecule has 3 heteroatoms. The lowest BCUT2D eigenvalue weighted by molar-refractivity contribution is 0.104. The third-order valence-corrected chi connectivity index (χ3v) is 3.23. The molecular formula is C14H16O2S. The van der Waals surface area contributed by atoms with E-state index in [1.54, 1.807) is 30.8 Å². The zero-order chi connectivity index (χ0) is 12.9. The minimum Gasteiger partial charge on any atom is -0.378 e. The summed E-state index contributed by atoms with van der Waals surface area (Å²) in [7, 11) is 0. The van der Waals surface area contributed by atoms with E-state index in [9.17, 15) is 9.90 Å². The van der Waals surface area contributed by atoms with Gasteiger partial charge in [-0.2, -0.15) is 0 Å². The Hall–Kier alpha value is -1.24. The molecule has 1 atom stereocenters. The Labute approximate surface area is 106 Å². The molecule has 0 amide bonds. The predicted octanol–water partition coefficient (Wildman–Crippen LogP) is 2.76. The first-order valence-electron chi connectivity index (χ1n) is 5.42. The highest BCUT2D eigenvalue weighted by atomic mass is 32.2. The summed E-state index contributed by atoms with van der Waals surface area (Å²) in [6.45, 7) is 3.43. The summed E-state index contributed by atoms with van der Waals surface area (Å²) in [5.41, 5.74) is -0.531. The quantitative estimate of drug-likeness (QED) is 0.387. The molecule has 2 nitrogen and oxygen atoms in total. The van der Waals surface area contributed by atoms with Crippen molar-refractivity contribution in [2.75, 3.05) is 6.26 Å². The van der Waals surface area contributed by atoms with Crippen LogP contribution in [0.4, 0.5) is 0 Å². The summed E-state index contributed by atoms with van der Waals surface area (Å²) in [5, 5.41) is 9.67. The second kappa shape index (κ2) is 5.90. The van der Waals surface area contributed by atoms with Crippen molar-refractivity contribution in [3.05, 3.63) is 29.8 Å². The SMILES string of the molecule is CC[C@](C)(O)C#CC(=O)c1ccc(SC)cc1. The Kier molecular flexibility index (Phi) is 4.80. The Morgan fingerprint density at radius 1 is 1.41 bits per heavy atom. The third-order valence-electron chi connectivity index (χ3n) is 2.49. The number of hydrogen-bond acceptors (Lipinski definition) is 3. The van der Waals surface area contributed by atoms with Crippen LogP contribution in [-0.4, -0.2) is 22.7 Å². The smallest absolute Gasteiger partial charge is 0.235 e. The average Bonchev–Trinajstić information content (AvgIpc) is 2.36. The highest BCUT2D eigenvalue weighted by Gasteiger charge is 2.13. The van der Waals surface area contributed by atoms with E-state index in [1.807, 2.05) is 25.3 Å². The maximum absolute atomic E-state index is 11.7. The maximum Gasteiger partial charge on any atom is 0.235 e. The van der Waals surface area contributed by atoms with Crippen molar-refractivity contribution in [3.8, 4) is 11.8 Å². The van der Waals surface area contributed by atoms with Crippen molar-refractivity contribution < 1.29 is 9.90 Å². The van der Waals surface area contributed by atoms with Crippen LogP contribution in [0.25, 0.3) is 0 Å². The molecule has 1 aromatic carbocycles. The van der Waals surface area contributed by atoms with Crippen LogP contribution in [0.2, 0.25) is 0 Å². The molecule has 17 heavy (non-hydrogen) atoms. The normalized spacial score (nSPS) is 13.4. The number of Topliss-reactive ketones (excluding diaryl/α,β-unsaturated/α-hetero) is 1. The molecule has 0 bridgehead atoms. The van der Waals surface area contributed by atoms with Crippen LogP contribution in [0.1, 0.15) is 30.6 Å². The van der Waals surface area contributed by atoms with Gasteiger partial charge in [0, 0.05) is 10.5 Å². The van der Waals surface area contributed by atoms with Gasteiger partial charge in [-0.3, -0.25) is 4.79 Å². The molecule has 0 fully saturated rings. The molecule has 1 N–H and O–H groups in total. The Morgan fingerprint density at radius 2 is 2.00 bits per heavy atom. The first-order valence-corrected chi connectivity index (χ1v) is 6.65. The van der Waals surface area contributed by atoms with Crippen molar-refractivity contribution in [3.63, 3.8) is 0 Å². The van der Waals surface area contributed by atoms with Crippen LogP contribution in [-0.2, 0) is 0 Å². The molecule has 90 valence electrons. The van der Waals surface area contributed by atoms with Gasteiger partial charge in [-0.1, -0.05) is 12.8 Å². The second-order valence-electron chi connectivity index (χ2n) is 3.94. The Morgan fingerprint density at radius 3 is 2.47 bits per heavy atom. The molecule has 1 aromatic rings. The number of ketones is 1. The molecule has 0 radical (unpaired) electrons. The average molecular weight is 248 g/mol. The van der Waals surface area contributed by atoms with Crippen molar-refractivity contribution in [1.82, 2.24) is 0 Å². The lowest BCUT2D eigenvalue weighted by Gasteiger charge is -2.11. The predicted molar refractivity (Wildman–Crippen MR) is 71.2 cm³/mol.